The molecule has 0 aliphatic carbocycles. The van der Waals surface area contributed by atoms with Crippen LogP contribution in [0.25, 0.3) is 22.7 Å². The van der Waals surface area contributed by atoms with Crippen LogP contribution in [-0.4, -0.2) is 36.1 Å². The molecule has 26 heavy (non-hydrogen) atoms. The Labute approximate surface area is 157 Å². The van der Waals surface area contributed by atoms with Crippen LogP contribution >= 0.6 is 11.6 Å². The lowest BCUT2D eigenvalue weighted by Crippen LogP contribution is -2.26. The number of rotatable bonds is 7. The standard InChI is InChI=1S/C20H20ClN3O2/c1-26-11-5-10-22-20(25)16(13-14-6-4-7-15(21)12-14)19-23-17-8-2-3-9-18(17)24-19/h2-4,6-9,12-13H,5,10-11H2,1H3,(H,22,25)(H,23,24)/b16-13+. The Kier molecular flexibility index (Phi) is 6.04. The third-order valence-electron chi connectivity index (χ3n) is 3.86. The number of para-hydroxylation sites is 2. The fraction of sp³-hybridized carbons (Fsp3) is 0.200. The second-order valence-electron chi connectivity index (χ2n) is 5.82. The molecule has 0 fully saturated rings. The van der Waals surface area contributed by atoms with Crippen molar-refractivity contribution in [2.75, 3.05) is 20.3 Å². The van der Waals surface area contributed by atoms with Gasteiger partial charge >= 0.3 is 0 Å². The van der Waals surface area contributed by atoms with Gasteiger partial charge in [0, 0.05) is 25.3 Å². The van der Waals surface area contributed by atoms with Crippen LogP contribution in [0.3, 0.4) is 0 Å². The second-order valence-corrected chi connectivity index (χ2v) is 6.25. The number of aromatic nitrogens is 2. The van der Waals surface area contributed by atoms with E-state index in [-0.39, 0.29) is 5.91 Å². The molecule has 1 amide bonds. The minimum Gasteiger partial charge on any atom is -0.385 e. The van der Waals surface area contributed by atoms with E-state index in [4.69, 9.17) is 16.3 Å². The zero-order chi connectivity index (χ0) is 18.4. The van der Waals surface area contributed by atoms with Crippen molar-refractivity contribution in [2.45, 2.75) is 6.42 Å². The van der Waals surface area contributed by atoms with E-state index in [0.717, 1.165) is 23.0 Å². The maximum Gasteiger partial charge on any atom is 0.255 e. The molecule has 0 spiro atoms. The molecule has 2 N–H and O–H groups in total. The molecule has 0 saturated heterocycles. The first-order valence-electron chi connectivity index (χ1n) is 8.37. The van der Waals surface area contributed by atoms with Crippen LogP contribution < -0.4 is 5.32 Å². The number of carbonyl (C=O) groups is 1. The summed E-state index contributed by atoms with van der Waals surface area (Å²) in [5.74, 6) is 0.329. The van der Waals surface area contributed by atoms with Gasteiger partial charge in [0.15, 0.2) is 0 Å². The Hall–Kier alpha value is -2.63. The van der Waals surface area contributed by atoms with E-state index in [0.29, 0.717) is 29.6 Å². The van der Waals surface area contributed by atoms with Crippen molar-refractivity contribution in [2.24, 2.45) is 0 Å². The van der Waals surface area contributed by atoms with Gasteiger partial charge in [-0.15, -0.1) is 0 Å². The van der Waals surface area contributed by atoms with Gasteiger partial charge in [0.05, 0.1) is 16.6 Å². The van der Waals surface area contributed by atoms with E-state index in [1.54, 1.807) is 19.3 Å². The summed E-state index contributed by atoms with van der Waals surface area (Å²) in [5.41, 5.74) is 2.99. The molecule has 0 atom stereocenters. The summed E-state index contributed by atoms with van der Waals surface area (Å²) in [6.07, 6.45) is 2.53. The highest BCUT2D eigenvalue weighted by molar-refractivity contribution is 6.31. The van der Waals surface area contributed by atoms with Crippen molar-refractivity contribution in [3.05, 3.63) is 64.9 Å². The van der Waals surface area contributed by atoms with Crippen LogP contribution in [0.2, 0.25) is 5.02 Å². The Morgan fingerprint density at radius 1 is 1.27 bits per heavy atom. The number of imidazole rings is 1. The first-order chi connectivity index (χ1) is 12.7. The highest BCUT2D eigenvalue weighted by Crippen LogP contribution is 2.21. The smallest absolute Gasteiger partial charge is 0.255 e. The Morgan fingerprint density at radius 2 is 2.12 bits per heavy atom. The Morgan fingerprint density at radius 3 is 2.88 bits per heavy atom. The minimum absolute atomic E-state index is 0.194. The number of aromatic amines is 1. The molecule has 0 aliphatic rings. The van der Waals surface area contributed by atoms with Gasteiger partial charge < -0.3 is 15.0 Å². The molecule has 1 aromatic heterocycles. The second kappa shape index (κ2) is 8.65. The zero-order valence-electron chi connectivity index (χ0n) is 14.5. The number of halogens is 1. The molecule has 0 aliphatic heterocycles. The SMILES string of the molecule is COCCCNC(=O)/C(=C/c1cccc(Cl)c1)c1nc2ccccc2[nH]1. The lowest BCUT2D eigenvalue weighted by molar-refractivity contribution is -0.115. The fourth-order valence-electron chi connectivity index (χ4n) is 2.60. The van der Waals surface area contributed by atoms with Crippen LogP contribution in [0.1, 0.15) is 17.8 Å². The number of benzene rings is 2. The summed E-state index contributed by atoms with van der Waals surface area (Å²) in [6.45, 7) is 1.12. The van der Waals surface area contributed by atoms with E-state index in [1.807, 2.05) is 42.5 Å². The van der Waals surface area contributed by atoms with Crippen LogP contribution in [0, 0.1) is 0 Å². The number of carbonyl (C=O) groups excluding carboxylic acids is 1. The highest BCUT2D eigenvalue weighted by atomic mass is 35.5. The topological polar surface area (TPSA) is 67.0 Å². The Bertz CT molecular complexity index is 900. The van der Waals surface area contributed by atoms with Gasteiger partial charge in [-0.1, -0.05) is 35.9 Å². The average Bonchev–Trinajstić information content (AvgIpc) is 3.07. The number of hydrogen-bond donors (Lipinski definition) is 2. The number of H-pyrrole nitrogens is 1. The number of fused-ring (bicyclic) bond motifs is 1. The van der Waals surface area contributed by atoms with Gasteiger partial charge in [0.2, 0.25) is 0 Å². The van der Waals surface area contributed by atoms with Gasteiger partial charge in [-0.05, 0) is 42.3 Å². The largest absolute Gasteiger partial charge is 0.385 e. The van der Waals surface area contributed by atoms with E-state index in [1.165, 1.54) is 0 Å². The predicted molar refractivity (Wildman–Crippen MR) is 105 cm³/mol. The van der Waals surface area contributed by atoms with Crippen molar-refractivity contribution in [1.82, 2.24) is 15.3 Å². The molecular weight excluding hydrogens is 350 g/mol. The summed E-state index contributed by atoms with van der Waals surface area (Å²) < 4.78 is 5.02. The molecule has 0 saturated carbocycles. The molecule has 0 bridgehead atoms. The van der Waals surface area contributed by atoms with Gasteiger partial charge in [0.1, 0.15) is 5.82 Å². The van der Waals surface area contributed by atoms with Gasteiger partial charge in [0.25, 0.3) is 5.91 Å². The van der Waals surface area contributed by atoms with Gasteiger partial charge in [-0.3, -0.25) is 4.79 Å². The first-order valence-corrected chi connectivity index (χ1v) is 8.74. The van der Waals surface area contributed by atoms with Crippen molar-refractivity contribution in [3.63, 3.8) is 0 Å². The molecule has 0 radical (unpaired) electrons. The first kappa shape index (κ1) is 18.2. The van der Waals surface area contributed by atoms with Crippen molar-refractivity contribution in [3.8, 4) is 0 Å². The monoisotopic (exact) mass is 369 g/mol. The van der Waals surface area contributed by atoms with Crippen molar-refractivity contribution in [1.29, 1.82) is 0 Å². The van der Waals surface area contributed by atoms with Crippen LogP contribution in [0.4, 0.5) is 0 Å². The van der Waals surface area contributed by atoms with Crippen LogP contribution in [-0.2, 0) is 9.53 Å². The van der Waals surface area contributed by atoms with Crippen molar-refractivity contribution < 1.29 is 9.53 Å². The van der Waals surface area contributed by atoms with Crippen LogP contribution in [0.15, 0.2) is 48.5 Å². The maximum absolute atomic E-state index is 12.8. The number of methoxy groups -OCH3 is 1. The van der Waals surface area contributed by atoms with E-state index in [9.17, 15) is 4.79 Å². The summed E-state index contributed by atoms with van der Waals surface area (Å²) in [5, 5.41) is 3.53. The fourth-order valence-corrected chi connectivity index (χ4v) is 2.80. The van der Waals surface area contributed by atoms with Gasteiger partial charge in [-0.2, -0.15) is 0 Å². The highest BCUT2D eigenvalue weighted by Gasteiger charge is 2.16. The number of nitrogens with one attached hydrogen (secondary N) is 2. The molecule has 0 unspecified atom stereocenters. The van der Waals surface area contributed by atoms with E-state index >= 15 is 0 Å². The number of ether oxygens (including phenoxy) is 1. The summed E-state index contributed by atoms with van der Waals surface area (Å²) >= 11 is 6.07. The number of nitrogens with zero attached hydrogens (tertiary/aromatic N) is 1. The average molecular weight is 370 g/mol. The summed E-state index contributed by atoms with van der Waals surface area (Å²) in [7, 11) is 1.64. The Balaban J connectivity index is 1.94. The zero-order valence-corrected chi connectivity index (χ0v) is 15.2. The summed E-state index contributed by atoms with van der Waals surface area (Å²) in [6, 6.07) is 15.0. The van der Waals surface area contributed by atoms with Crippen molar-refractivity contribution >= 4 is 40.2 Å². The lowest BCUT2D eigenvalue weighted by Gasteiger charge is -2.07. The summed E-state index contributed by atoms with van der Waals surface area (Å²) in [4.78, 5) is 20.5. The molecule has 3 rings (SSSR count). The maximum atomic E-state index is 12.8. The predicted octanol–water partition coefficient (Wildman–Crippen LogP) is 3.91. The van der Waals surface area contributed by atoms with E-state index in [2.05, 4.69) is 15.3 Å². The third-order valence-corrected chi connectivity index (χ3v) is 4.09. The molecule has 3 aromatic rings. The van der Waals surface area contributed by atoms with E-state index < -0.39 is 0 Å². The molecule has 1 heterocycles. The molecular formula is C20H20ClN3O2. The van der Waals surface area contributed by atoms with Crippen LogP contribution in [0.5, 0.6) is 0 Å². The number of hydrogen-bond acceptors (Lipinski definition) is 3. The van der Waals surface area contributed by atoms with Gasteiger partial charge in [-0.25, -0.2) is 4.98 Å². The molecule has 2 aromatic carbocycles. The minimum atomic E-state index is -0.194. The molecule has 5 nitrogen and oxygen atoms in total. The quantitative estimate of drug-likeness (QED) is 0.490. The lowest BCUT2D eigenvalue weighted by atomic mass is 10.1. The molecule has 134 valence electrons. The normalized spacial score (nSPS) is 11.7. The third kappa shape index (κ3) is 4.50. The number of amides is 1. The molecule has 6 heteroatoms.